The summed E-state index contributed by atoms with van der Waals surface area (Å²) in [5.74, 6) is -0.0667. The summed E-state index contributed by atoms with van der Waals surface area (Å²) >= 11 is 1.63. The number of amides is 1. The number of carbonyl (C=O) groups excluding carboxylic acids is 2. The molecule has 4 nitrogen and oxygen atoms in total. The number of thiazole rings is 1. The number of aryl methyl sites for hydroxylation is 3. The number of Topliss-reactive ketones (excluding diaryl/α,β-unsaturated/α-hetero) is 1. The summed E-state index contributed by atoms with van der Waals surface area (Å²) in [5, 5.41) is 3.85. The second kappa shape index (κ2) is 6.63. The first-order chi connectivity index (χ1) is 9.95. The number of ketones is 1. The minimum Gasteiger partial charge on any atom is -0.326 e. The van der Waals surface area contributed by atoms with E-state index in [0.717, 1.165) is 15.6 Å². The molecule has 0 bridgehead atoms. The van der Waals surface area contributed by atoms with Gasteiger partial charge in [0.25, 0.3) is 0 Å². The Morgan fingerprint density at radius 3 is 2.67 bits per heavy atom. The lowest BCUT2D eigenvalue weighted by atomic mass is 10.1. The monoisotopic (exact) mass is 302 g/mol. The fraction of sp³-hybridized carbons (Fsp3) is 0.312. The van der Waals surface area contributed by atoms with E-state index in [1.54, 1.807) is 35.6 Å². The van der Waals surface area contributed by atoms with E-state index < -0.39 is 0 Å². The summed E-state index contributed by atoms with van der Waals surface area (Å²) < 4.78 is 0. The van der Waals surface area contributed by atoms with Gasteiger partial charge >= 0.3 is 0 Å². The Balaban J connectivity index is 1.94. The molecular weight excluding hydrogens is 284 g/mol. The number of nitrogens with one attached hydrogen (secondary N) is 1. The van der Waals surface area contributed by atoms with Crippen LogP contribution in [0.2, 0.25) is 0 Å². The van der Waals surface area contributed by atoms with E-state index in [9.17, 15) is 9.59 Å². The van der Waals surface area contributed by atoms with Gasteiger partial charge in [-0.15, -0.1) is 11.3 Å². The van der Waals surface area contributed by atoms with Crippen molar-refractivity contribution in [2.24, 2.45) is 0 Å². The predicted octanol–water partition coefficient (Wildman–Crippen LogP) is 3.53. The predicted molar refractivity (Wildman–Crippen MR) is 85.0 cm³/mol. The van der Waals surface area contributed by atoms with Gasteiger partial charge in [-0.2, -0.15) is 0 Å². The Morgan fingerprint density at radius 1 is 1.29 bits per heavy atom. The van der Waals surface area contributed by atoms with Gasteiger partial charge in [0.2, 0.25) is 5.91 Å². The molecule has 0 saturated carbocycles. The Bertz CT molecular complexity index is 677. The van der Waals surface area contributed by atoms with Gasteiger partial charge in [0.1, 0.15) is 0 Å². The molecule has 2 aromatic rings. The Labute approximate surface area is 128 Å². The first kappa shape index (κ1) is 15.4. The third-order valence-corrected chi connectivity index (χ3v) is 4.26. The quantitative estimate of drug-likeness (QED) is 0.859. The zero-order chi connectivity index (χ0) is 15.4. The van der Waals surface area contributed by atoms with Gasteiger partial charge in [-0.1, -0.05) is 12.1 Å². The van der Waals surface area contributed by atoms with E-state index in [4.69, 9.17) is 0 Å². The van der Waals surface area contributed by atoms with E-state index >= 15 is 0 Å². The summed E-state index contributed by atoms with van der Waals surface area (Å²) in [6, 6.07) is 6.99. The molecule has 0 aliphatic carbocycles. The van der Waals surface area contributed by atoms with E-state index in [1.165, 1.54) is 6.92 Å². The van der Waals surface area contributed by atoms with Gasteiger partial charge in [0.05, 0.1) is 10.7 Å². The van der Waals surface area contributed by atoms with Gasteiger partial charge in [-0.3, -0.25) is 9.59 Å². The standard InChI is InChI=1S/C16H18N2O2S/c1-10-15(21-12(3)17-10)7-8-16(20)18-14-6-4-5-13(9-14)11(2)19/h4-6,9H,7-8H2,1-3H3,(H,18,20). The van der Waals surface area contributed by atoms with Gasteiger partial charge in [0.15, 0.2) is 5.78 Å². The molecule has 0 radical (unpaired) electrons. The lowest BCUT2D eigenvalue weighted by Gasteiger charge is -2.06. The molecule has 110 valence electrons. The topological polar surface area (TPSA) is 59.1 Å². The summed E-state index contributed by atoms with van der Waals surface area (Å²) in [7, 11) is 0. The number of rotatable bonds is 5. The van der Waals surface area contributed by atoms with Crippen molar-refractivity contribution in [1.29, 1.82) is 0 Å². The lowest BCUT2D eigenvalue weighted by Crippen LogP contribution is -2.12. The normalized spacial score (nSPS) is 10.4. The minimum absolute atomic E-state index is 0.0122. The molecule has 0 aliphatic heterocycles. The van der Waals surface area contributed by atoms with E-state index in [-0.39, 0.29) is 11.7 Å². The van der Waals surface area contributed by atoms with Crippen molar-refractivity contribution in [2.45, 2.75) is 33.6 Å². The van der Waals surface area contributed by atoms with Crippen LogP contribution in [0.4, 0.5) is 5.69 Å². The third-order valence-electron chi connectivity index (χ3n) is 3.13. The highest BCUT2D eigenvalue weighted by Gasteiger charge is 2.09. The van der Waals surface area contributed by atoms with Gasteiger partial charge in [-0.05, 0) is 39.3 Å². The molecule has 1 heterocycles. The number of hydrogen-bond donors (Lipinski definition) is 1. The van der Waals surface area contributed by atoms with Crippen LogP contribution in [0.5, 0.6) is 0 Å². The second-order valence-electron chi connectivity index (χ2n) is 4.93. The minimum atomic E-state index is -0.0545. The molecule has 0 atom stereocenters. The number of aromatic nitrogens is 1. The summed E-state index contributed by atoms with van der Waals surface area (Å²) in [5.41, 5.74) is 2.26. The molecule has 1 aromatic heterocycles. The van der Waals surface area contributed by atoms with Gasteiger partial charge in [0, 0.05) is 22.5 Å². The van der Waals surface area contributed by atoms with Crippen molar-refractivity contribution in [3.63, 3.8) is 0 Å². The van der Waals surface area contributed by atoms with Crippen LogP contribution in [0, 0.1) is 13.8 Å². The molecule has 1 N–H and O–H groups in total. The Hall–Kier alpha value is -2.01. The molecule has 1 amide bonds. The summed E-state index contributed by atoms with van der Waals surface area (Å²) in [4.78, 5) is 28.8. The molecule has 5 heteroatoms. The Morgan fingerprint density at radius 2 is 2.05 bits per heavy atom. The molecule has 0 fully saturated rings. The fourth-order valence-corrected chi connectivity index (χ4v) is 3.01. The smallest absolute Gasteiger partial charge is 0.224 e. The fourth-order valence-electron chi connectivity index (χ4n) is 2.07. The maximum Gasteiger partial charge on any atom is 0.224 e. The van der Waals surface area contributed by atoms with Crippen molar-refractivity contribution in [3.8, 4) is 0 Å². The molecule has 1 aromatic carbocycles. The average Bonchev–Trinajstić information content (AvgIpc) is 2.75. The molecule has 2 rings (SSSR count). The zero-order valence-electron chi connectivity index (χ0n) is 12.4. The first-order valence-corrected chi connectivity index (χ1v) is 7.61. The first-order valence-electron chi connectivity index (χ1n) is 6.79. The SMILES string of the molecule is CC(=O)c1cccc(NC(=O)CCc2sc(C)nc2C)c1. The van der Waals surface area contributed by atoms with Crippen LogP contribution < -0.4 is 5.32 Å². The van der Waals surface area contributed by atoms with Crippen LogP contribution in [0.25, 0.3) is 0 Å². The average molecular weight is 302 g/mol. The highest BCUT2D eigenvalue weighted by atomic mass is 32.1. The molecule has 0 aliphatic rings. The number of nitrogens with zero attached hydrogens (tertiary/aromatic N) is 1. The van der Waals surface area contributed by atoms with Crippen molar-refractivity contribution < 1.29 is 9.59 Å². The second-order valence-corrected chi connectivity index (χ2v) is 6.21. The molecule has 21 heavy (non-hydrogen) atoms. The number of benzene rings is 1. The van der Waals surface area contributed by atoms with Crippen LogP contribution in [0.15, 0.2) is 24.3 Å². The maximum absolute atomic E-state index is 12.0. The van der Waals surface area contributed by atoms with Crippen molar-refractivity contribution in [3.05, 3.63) is 45.4 Å². The lowest BCUT2D eigenvalue weighted by molar-refractivity contribution is -0.116. The molecular formula is C16H18N2O2S. The Kier molecular flexibility index (Phi) is 4.85. The van der Waals surface area contributed by atoms with E-state index in [1.807, 2.05) is 13.8 Å². The van der Waals surface area contributed by atoms with Crippen LogP contribution >= 0.6 is 11.3 Å². The largest absolute Gasteiger partial charge is 0.326 e. The highest BCUT2D eigenvalue weighted by molar-refractivity contribution is 7.11. The van der Waals surface area contributed by atoms with Gasteiger partial charge < -0.3 is 5.32 Å². The third kappa shape index (κ3) is 4.23. The molecule has 0 unspecified atom stereocenters. The molecule has 0 spiro atoms. The number of carbonyl (C=O) groups is 2. The maximum atomic E-state index is 12.0. The number of anilines is 1. The zero-order valence-corrected chi connectivity index (χ0v) is 13.2. The van der Waals surface area contributed by atoms with E-state index in [0.29, 0.717) is 24.1 Å². The summed E-state index contributed by atoms with van der Waals surface area (Å²) in [6.07, 6.45) is 1.10. The van der Waals surface area contributed by atoms with E-state index in [2.05, 4.69) is 10.3 Å². The highest BCUT2D eigenvalue weighted by Crippen LogP contribution is 2.19. The molecule has 0 saturated heterocycles. The van der Waals surface area contributed by atoms with Crippen molar-refractivity contribution in [2.75, 3.05) is 5.32 Å². The van der Waals surface area contributed by atoms with Crippen LogP contribution in [-0.2, 0) is 11.2 Å². The van der Waals surface area contributed by atoms with Crippen LogP contribution in [0.3, 0.4) is 0 Å². The van der Waals surface area contributed by atoms with Crippen LogP contribution in [0.1, 0.15) is 39.3 Å². The number of hydrogen-bond acceptors (Lipinski definition) is 4. The summed E-state index contributed by atoms with van der Waals surface area (Å²) in [6.45, 7) is 5.44. The van der Waals surface area contributed by atoms with Crippen LogP contribution in [-0.4, -0.2) is 16.7 Å². The van der Waals surface area contributed by atoms with Crippen molar-refractivity contribution in [1.82, 2.24) is 4.98 Å². The van der Waals surface area contributed by atoms with Gasteiger partial charge in [-0.25, -0.2) is 4.98 Å². The van der Waals surface area contributed by atoms with Crippen molar-refractivity contribution >= 4 is 28.7 Å².